The number of nitrogens with zero attached hydrogens (tertiary/aromatic N) is 2. The van der Waals surface area contributed by atoms with E-state index in [2.05, 4.69) is 6.92 Å². The number of hydroxylamine groups is 1. The van der Waals surface area contributed by atoms with Crippen LogP contribution in [-0.4, -0.2) is 31.6 Å². The summed E-state index contributed by atoms with van der Waals surface area (Å²) in [4.78, 5) is 34.1. The minimum atomic E-state index is -1.09. The highest BCUT2D eigenvalue weighted by Gasteiger charge is 2.60. The topological polar surface area (TPSA) is 68.3 Å². The summed E-state index contributed by atoms with van der Waals surface area (Å²) in [7, 11) is 1.55. The minimum absolute atomic E-state index is 0.0761. The third-order valence-corrected chi connectivity index (χ3v) is 6.50. The van der Waals surface area contributed by atoms with E-state index >= 15 is 0 Å². The number of rotatable bonds is 8. The number of ether oxygens (including phenoxy) is 2. The molecule has 3 aromatic carbocycles. The lowest BCUT2D eigenvalue weighted by molar-refractivity contribution is -0.126. The standard InChI is InChI=1S/C28H27FN2O5/c1-3-4-16-35-22-15-14-18(17-23(22)34-2)25-24-26(36-31(25)19-10-6-5-7-11-19)28(33)30(27(24)32)21-13-9-8-12-20(21)29/h5-15,17,24-26H,3-4,16H2,1-2H3/t24-,25+,26+/m1/s1. The molecule has 0 radical (unpaired) electrons. The van der Waals surface area contributed by atoms with Gasteiger partial charge < -0.3 is 9.47 Å². The average Bonchev–Trinajstić information content (AvgIpc) is 3.41. The molecule has 7 nitrogen and oxygen atoms in total. The van der Waals surface area contributed by atoms with Gasteiger partial charge in [0.2, 0.25) is 5.91 Å². The maximum absolute atomic E-state index is 14.6. The van der Waals surface area contributed by atoms with Crippen LogP contribution >= 0.6 is 0 Å². The highest BCUT2D eigenvalue weighted by atomic mass is 19.1. The van der Waals surface area contributed by atoms with E-state index in [0.717, 1.165) is 17.7 Å². The van der Waals surface area contributed by atoms with Crippen molar-refractivity contribution in [2.24, 2.45) is 5.92 Å². The predicted octanol–water partition coefficient (Wildman–Crippen LogP) is 5.06. The van der Waals surface area contributed by atoms with E-state index < -0.39 is 35.7 Å². The van der Waals surface area contributed by atoms with E-state index in [1.54, 1.807) is 30.4 Å². The first kappa shape index (κ1) is 23.8. The first-order chi connectivity index (χ1) is 17.5. The molecule has 0 bridgehead atoms. The molecule has 0 aromatic heterocycles. The van der Waals surface area contributed by atoms with Gasteiger partial charge in [-0.05, 0) is 48.4 Å². The molecule has 5 rings (SSSR count). The number of imide groups is 1. The van der Waals surface area contributed by atoms with Gasteiger partial charge in [0.15, 0.2) is 17.6 Å². The Labute approximate surface area is 208 Å². The molecule has 8 heteroatoms. The summed E-state index contributed by atoms with van der Waals surface area (Å²) in [5, 5.41) is 1.59. The lowest BCUT2D eigenvalue weighted by atomic mass is 9.90. The second kappa shape index (κ2) is 9.99. The molecule has 0 N–H and O–H groups in total. The van der Waals surface area contributed by atoms with E-state index in [-0.39, 0.29) is 5.69 Å². The smallest absolute Gasteiger partial charge is 0.266 e. The van der Waals surface area contributed by atoms with Crippen LogP contribution in [0.1, 0.15) is 31.4 Å². The molecule has 0 aliphatic carbocycles. The molecule has 186 valence electrons. The van der Waals surface area contributed by atoms with Crippen LogP contribution in [0.4, 0.5) is 15.8 Å². The highest BCUT2D eigenvalue weighted by molar-refractivity contribution is 6.24. The van der Waals surface area contributed by atoms with E-state index in [9.17, 15) is 14.0 Å². The van der Waals surface area contributed by atoms with Gasteiger partial charge in [-0.15, -0.1) is 0 Å². The van der Waals surface area contributed by atoms with Crippen LogP contribution in [0.15, 0.2) is 72.8 Å². The molecular weight excluding hydrogens is 463 g/mol. The Hall–Kier alpha value is -3.91. The van der Waals surface area contributed by atoms with Crippen LogP contribution in [0.25, 0.3) is 0 Å². The van der Waals surface area contributed by atoms with Gasteiger partial charge in [-0.3, -0.25) is 14.4 Å². The molecule has 0 unspecified atom stereocenters. The number of amides is 2. The van der Waals surface area contributed by atoms with Crippen LogP contribution < -0.4 is 19.4 Å². The number of anilines is 2. The Morgan fingerprint density at radius 3 is 2.42 bits per heavy atom. The largest absolute Gasteiger partial charge is 0.493 e. The lowest BCUT2D eigenvalue weighted by Gasteiger charge is -2.29. The Morgan fingerprint density at radius 2 is 1.69 bits per heavy atom. The fourth-order valence-electron chi connectivity index (χ4n) is 4.74. The predicted molar refractivity (Wildman–Crippen MR) is 132 cm³/mol. The normalized spacial score (nSPS) is 21.1. The number of carbonyl (C=O) groups excluding carboxylic acids is 2. The summed E-state index contributed by atoms with van der Waals surface area (Å²) in [6.07, 6.45) is 0.827. The first-order valence-corrected chi connectivity index (χ1v) is 12.0. The summed E-state index contributed by atoms with van der Waals surface area (Å²) in [6.45, 7) is 2.65. The van der Waals surface area contributed by atoms with Gasteiger partial charge in [0, 0.05) is 0 Å². The van der Waals surface area contributed by atoms with Crippen LogP contribution in [0, 0.1) is 11.7 Å². The molecule has 2 saturated heterocycles. The van der Waals surface area contributed by atoms with Crippen molar-refractivity contribution in [3.8, 4) is 11.5 Å². The number of hydrogen-bond donors (Lipinski definition) is 0. The molecule has 2 amide bonds. The van der Waals surface area contributed by atoms with E-state index in [1.165, 1.54) is 18.2 Å². The summed E-state index contributed by atoms with van der Waals surface area (Å²) >= 11 is 0. The molecule has 0 saturated carbocycles. The van der Waals surface area contributed by atoms with Gasteiger partial charge in [-0.1, -0.05) is 49.7 Å². The average molecular weight is 491 g/mol. The maximum Gasteiger partial charge on any atom is 0.266 e. The number of hydrogen-bond acceptors (Lipinski definition) is 6. The van der Waals surface area contributed by atoms with Gasteiger partial charge in [0.25, 0.3) is 5.91 Å². The van der Waals surface area contributed by atoms with Crippen LogP contribution in [0.3, 0.4) is 0 Å². The molecule has 2 aliphatic rings. The molecule has 2 aliphatic heterocycles. The Balaban J connectivity index is 1.56. The highest BCUT2D eigenvalue weighted by Crippen LogP contribution is 2.48. The van der Waals surface area contributed by atoms with Crippen molar-refractivity contribution in [2.45, 2.75) is 31.9 Å². The molecule has 2 heterocycles. The summed E-state index contributed by atoms with van der Waals surface area (Å²) in [5.74, 6) is -1.52. The first-order valence-electron chi connectivity index (χ1n) is 12.0. The fraction of sp³-hybridized carbons (Fsp3) is 0.286. The molecule has 0 spiro atoms. The summed E-state index contributed by atoms with van der Waals surface area (Å²) < 4.78 is 26.0. The number of benzene rings is 3. The number of fused-ring (bicyclic) bond motifs is 1. The van der Waals surface area contributed by atoms with E-state index in [4.69, 9.17) is 14.3 Å². The quantitative estimate of drug-likeness (QED) is 0.325. The second-order valence-electron chi connectivity index (χ2n) is 8.73. The van der Waals surface area contributed by atoms with Gasteiger partial charge in [0.05, 0.1) is 31.1 Å². The number of para-hydroxylation sites is 2. The van der Waals surface area contributed by atoms with Crippen LogP contribution in [0.5, 0.6) is 11.5 Å². The number of methoxy groups -OCH3 is 1. The SMILES string of the molecule is CCCCOc1ccc([C@H]2[C@H]3C(=O)N(c4ccccc4F)C(=O)[C@H]3ON2c2ccccc2)cc1OC. The zero-order valence-corrected chi connectivity index (χ0v) is 20.1. The summed E-state index contributed by atoms with van der Waals surface area (Å²) in [6, 6.07) is 19.8. The Kier molecular flexibility index (Phi) is 6.61. The maximum atomic E-state index is 14.6. The van der Waals surface area contributed by atoms with Crippen molar-refractivity contribution in [3.05, 3.63) is 84.2 Å². The van der Waals surface area contributed by atoms with Crippen molar-refractivity contribution in [3.63, 3.8) is 0 Å². The van der Waals surface area contributed by atoms with E-state index in [0.29, 0.717) is 29.4 Å². The second-order valence-corrected chi connectivity index (χ2v) is 8.73. The minimum Gasteiger partial charge on any atom is -0.493 e. The monoisotopic (exact) mass is 490 g/mol. The van der Waals surface area contributed by atoms with E-state index in [1.807, 2.05) is 36.4 Å². The van der Waals surface area contributed by atoms with Crippen molar-refractivity contribution >= 4 is 23.2 Å². The number of carbonyl (C=O) groups is 2. The van der Waals surface area contributed by atoms with Crippen molar-refractivity contribution in [1.82, 2.24) is 0 Å². The van der Waals surface area contributed by atoms with Gasteiger partial charge in [-0.2, -0.15) is 0 Å². The van der Waals surface area contributed by atoms with Crippen molar-refractivity contribution < 1.29 is 28.3 Å². The number of unbranched alkanes of at least 4 members (excludes halogenated alkanes) is 1. The third kappa shape index (κ3) is 4.07. The molecular formula is C28H27FN2O5. The van der Waals surface area contributed by atoms with Crippen LogP contribution in [0.2, 0.25) is 0 Å². The third-order valence-electron chi connectivity index (χ3n) is 6.50. The molecule has 3 atom stereocenters. The zero-order chi connectivity index (χ0) is 25.2. The molecule has 3 aromatic rings. The summed E-state index contributed by atoms with van der Waals surface area (Å²) in [5.41, 5.74) is 1.33. The lowest BCUT2D eigenvalue weighted by Crippen LogP contribution is -2.37. The van der Waals surface area contributed by atoms with Crippen molar-refractivity contribution in [1.29, 1.82) is 0 Å². The number of halogens is 1. The van der Waals surface area contributed by atoms with Crippen molar-refractivity contribution in [2.75, 3.05) is 23.7 Å². The van der Waals surface area contributed by atoms with Gasteiger partial charge in [-0.25, -0.2) is 14.4 Å². The van der Waals surface area contributed by atoms with Gasteiger partial charge >= 0.3 is 0 Å². The Morgan fingerprint density at radius 1 is 0.944 bits per heavy atom. The van der Waals surface area contributed by atoms with Crippen LogP contribution in [-0.2, 0) is 14.4 Å². The fourth-order valence-corrected chi connectivity index (χ4v) is 4.74. The zero-order valence-electron chi connectivity index (χ0n) is 20.1. The Bertz CT molecular complexity index is 1270. The van der Waals surface area contributed by atoms with Gasteiger partial charge in [0.1, 0.15) is 11.7 Å². The molecule has 36 heavy (non-hydrogen) atoms. The molecule has 2 fully saturated rings.